The lowest BCUT2D eigenvalue weighted by Gasteiger charge is -2.61. The van der Waals surface area contributed by atoms with E-state index in [1.54, 1.807) is 0 Å². The van der Waals surface area contributed by atoms with Crippen molar-refractivity contribution in [3.05, 3.63) is 34.7 Å². The van der Waals surface area contributed by atoms with Crippen LogP contribution in [0.25, 0.3) is 11.0 Å². The van der Waals surface area contributed by atoms with Crippen LogP contribution in [0.15, 0.2) is 33.5 Å². The predicted octanol–water partition coefficient (Wildman–Crippen LogP) is 0.238. The van der Waals surface area contributed by atoms with Crippen molar-refractivity contribution in [2.24, 2.45) is 0 Å². The molecule has 0 amide bonds. The van der Waals surface area contributed by atoms with Gasteiger partial charge in [-0.1, -0.05) is 0 Å². The number of ether oxygens (including phenoxy) is 2. The summed E-state index contributed by atoms with van der Waals surface area (Å²) in [5.74, 6) is -0.520. The number of phenols is 1. The van der Waals surface area contributed by atoms with Crippen molar-refractivity contribution < 1.29 is 39.4 Å². The number of benzene rings is 1. The van der Waals surface area contributed by atoms with E-state index in [9.17, 15) is 30.3 Å². The minimum atomic E-state index is -2.17. The second kappa shape index (κ2) is 6.16. The summed E-state index contributed by atoms with van der Waals surface area (Å²) in [6.07, 6.45) is -1.57. The van der Waals surface area contributed by atoms with Gasteiger partial charge in [0.2, 0.25) is 6.29 Å². The molecule has 28 heavy (non-hydrogen) atoms. The molecule has 1 saturated heterocycles. The predicted molar refractivity (Wildman–Crippen MR) is 97.0 cm³/mol. The maximum absolute atomic E-state index is 11.3. The summed E-state index contributed by atoms with van der Waals surface area (Å²) < 4.78 is 16.3. The first-order valence-corrected chi connectivity index (χ1v) is 8.66. The molecule has 1 fully saturated rings. The summed E-state index contributed by atoms with van der Waals surface area (Å²) in [6, 6.07) is 5.20. The molecule has 1 aliphatic heterocycles. The van der Waals surface area contributed by atoms with E-state index in [0.717, 1.165) is 0 Å². The Morgan fingerprint density at radius 3 is 2.32 bits per heavy atom. The number of hydrogen-bond donors (Lipinski definition) is 5. The number of aliphatic hydroxyl groups excluding tert-OH is 1. The molecular formula is C19H24O9. The minimum absolute atomic E-state index is 0.121. The number of rotatable bonds is 3. The zero-order valence-corrected chi connectivity index (χ0v) is 16.0. The van der Waals surface area contributed by atoms with E-state index in [4.69, 9.17) is 13.9 Å². The zero-order valence-electron chi connectivity index (χ0n) is 16.0. The smallest absolute Gasteiger partial charge is 0.336 e. The third kappa shape index (κ3) is 2.70. The summed E-state index contributed by atoms with van der Waals surface area (Å²) in [6.45, 7) is 4.33. The fraction of sp³-hybridized carbons (Fsp3) is 0.526. The number of aromatic hydroxyl groups is 1. The molecule has 1 aromatic carbocycles. The second-order valence-electron chi connectivity index (χ2n) is 7.86. The van der Waals surface area contributed by atoms with Gasteiger partial charge in [-0.3, -0.25) is 0 Å². The molecule has 9 nitrogen and oxygen atoms in total. The van der Waals surface area contributed by atoms with Crippen LogP contribution in [0.4, 0.5) is 0 Å². The third-order valence-corrected chi connectivity index (χ3v) is 6.03. The number of fused-ring (bicyclic) bond motifs is 1. The molecule has 154 valence electrons. The lowest BCUT2D eigenvalue weighted by Crippen LogP contribution is -2.82. The first-order chi connectivity index (χ1) is 12.8. The first kappa shape index (κ1) is 20.6. The van der Waals surface area contributed by atoms with E-state index < -0.39 is 46.7 Å². The van der Waals surface area contributed by atoms with Crippen molar-refractivity contribution in [2.45, 2.75) is 56.4 Å². The van der Waals surface area contributed by atoms with Gasteiger partial charge in [-0.05, 0) is 39.8 Å². The maximum atomic E-state index is 11.3. The van der Waals surface area contributed by atoms with Crippen molar-refractivity contribution in [3.63, 3.8) is 0 Å². The van der Waals surface area contributed by atoms with Gasteiger partial charge in [0, 0.05) is 17.5 Å². The van der Waals surface area contributed by atoms with Crippen LogP contribution in [0.1, 0.15) is 27.7 Å². The number of phenolic OH excluding ortho intramolecular Hbond substituents is 1. The summed E-state index contributed by atoms with van der Waals surface area (Å²) in [5.41, 5.74) is -8.51. The van der Waals surface area contributed by atoms with E-state index >= 15 is 0 Å². The average Bonchev–Trinajstić information content (AvgIpc) is 2.60. The molecule has 5 N–H and O–H groups in total. The minimum Gasteiger partial charge on any atom is -0.504 e. The zero-order chi connectivity index (χ0) is 21.1. The second-order valence-corrected chi connectivity index (χ2v) is 7.86. The molecule has 3 rings (SSSR count). The van der Waals surface area contributed by atoms with Gasteiger partial charge in [-0.2, -0.15) is 0 Å². The van der Waals surface area contributed by atoms with Crippen LogP contribution in [-0.4, -0.2) is 60.8 Å². The van der Waals surface area contributed by atoms with Gasteiger partial charge in [-0.25, -0.2) is 4.79 Å². The molecule has 2 heterocycles. The number of hydrogen-bond acceptors (Lipinski definition) is 9. The molecule has 9 heteroatoms. The van der Waals surface area contributed by atoms with Crippen LogP contribution in [0.2, 0.25) is 0 Å². The summed E-state index contributed by atoms with van der Waals surface area (Å²) in [5, 5.41) is 53.1. The summed E-state index contributed by atoms with van der Waals surface area (Å²) >= 11 is 0. The number of aliphatic hydroxyl groups is 4. The first-order valence-electron chi connectivity index (χ1n) is 8.66. The van der Waals surface area contributed by atoms with Crippen LogP contribution in [-0.2, 0) is 4.74 Å². The van der Waals surface area contributed by atoms with Crippen molar-refractivity contribution in [2.75, 3.05) is 6.61 Å². The van der Waals surface area contributed by atoms with Gasteiger partial charge in [-0.15, -0.1) is 0 Å². The molecule has 0 saturated carbocycles. The Hall–Kier alpha value is -2.17. The van der Waals surface area contributed by atoms with Crippen LogP contribution in [0, 0.1) is 0 Å². The molecule has 1 aromatic heterocycles. The Kier molecular flexibility index (Phi) is 4.53. The normalized spacial score (nSPS) is 38.5. The molecule has 0 radical (unpaired) electrons. The fourth-order valence-corrected chi connectivity index (χ4v) is 3.33. The summed E-state index contributed by atoms with van der Waals surface area (Å²) in [7, 11) is 0. The Morgan fingerprint density at radius 2 is 1.71 bits per heavy atom. The highest BCUT2D eigenvalue weighted by Crippen LogP contribution is 2.49. The third-order valence-electron chi connectivity index (χ3n) is 6.03. The highest BCUT2D eigenvalue weighted by Gasteiger charge is 2.71. The van der Waals surface area contributed by atoms with Gasteiger partial charge in [0.25, 0.3) is 0 Å². The van der Waals surface area contributed by atoms with E-state index in [-0.39, 0.29) is 11.3 Å². The lowest BCUT2D eigenvalue weighted by molar-refractivity contribution is -0.404. The van der Waals surface area contributed by atoms with Gasteiger partial charge in [0.15, 0.2) is 17.1 Å². The van der Waals surface area contributed by atoms with Crippen molar-refractivity contribution in [1.82, 2.24) is 0 Å². The largest absolute Gasteiger partial charge is 0.504 e. The average molecular weight is 396 g/mol. The molecule has 0 aliphatic carbocycles. The van der Waals surface area contributed by atoms with Crippen LogP contribution in [0.3, 0.4) is 0 Å². The quantitative estimate of drug-likeness (QED) is 0.460. The van der Waals surface area contributed by atoms with Gasteiger partial charge < -0.3 is 39.4 Å². The molecule has 5 unspecified atom stereocenters. The van der Waals surface area contributed by atoms with E-state index in [0.29, 0.717) is 5.39 Å². The Bertz CT molecular complexity index is 960. The van der Waals surface area contributed by atoms with Gasteiger partial charge in [0.05, 0.1) is 6.61 Å². The van der Waals surface area contributed by atoms with Gasteiger partial charge in [0.1, 0.15) is 22.4 Å². The van der Waals surface area contributed by atoms with Gasteiger partial charge >= 0.3 is 5.63 Å². The molecule has 0 spiro atoms. The SMILES string of the molecule is CC1(CO)OC(Oc2cc3ccc(=O)oc3cc2O)C(C)(O)C(C)(O)C1(C)O. The van der Waals surface area contributed by atoms with Crippen LogP contribution in [0.5, 0.6) is 11.5 Å². The monoisotopic (exact) mass is 396 g/mol. The van der Waals surface area contributed by atoms with E-state index in [2.05, 4.69) is 0 Å². The molecule has 0 bridgehead atoms. The molecule has 5 atom stereocenters. The van der Waals surface area contributed by atoms with E-state index in [1.165, 1.54) is 52.0 Å². The fourth-order valence-electron chi connectivity index (χ4n) is 3.33. The van der Waals surface area contributed by atoms with Crippen LogP contribution >= 0.6 is 0 Å². The molecule has 1 aliphatic rings. The Balaban J connectivity index is 2.06. The highest BCUT2D eigenvalue weighted by molar-refractivity contribution is 5.80. The standard InChI is InChI=1S/C19H24O9/c1-16(9-20)18(3,24)19(4,25)17(2,23)15(28-16)27-13-7-10-5-6-14(22)26-12(10)8-11(13)21/h5-8,15,20-21,23-25H,9H2,1-4H3. The summed E-state index contributed by atoms with van der Waals surface area (Å²) in [4.78, 5) is 11.3. The van der Waals surface area contributed by atoms with E-state index in [1.807, 2.05) is 0 Å². The van der Waals surface area contributed by atoms with Crippen molar-refractivity contribution in [1.29, 1.82) is 0 Å². The Labute approximate surface area is 160 Å². The highest BCUT2D eigenvalue weighted by atomic mass is 16.7. The Morgan fingerprint density at radius 1 is 1.07 bits per heavy atom. The topological polar surface area (TPSA) is 150 Å². The van der Waals surface area contributed by atoms with Crippen molar-refractivity contribution >= 4 is 11.0 Å². The van der Waals surface area contributed by atoms with Crippen LogP contribution < -0.4 is 10.4 Å². The molecular weight excluding hydrogens is 372 g/mol. The molecule has 2 aromatic rings. The maximum Gasteiger partial charge on any atom is 0.336 e. The lowest BCUT2D eigenvalue weighted by atomic mass is 9.63. The van der Waals surface area contributed by atoms with Crippen molar-refractivity contribution in [3.8, 4) is 11.5 Å².